The molecule has 0 aliphatic heterocycles. The van der Waals surface area contributed by atoms with Crippen LogP contribution < -0.4 is 5.32 Å². The molecule has 0 fully saturated rings. The van der Waals surface area contributed by atoms with Crippen molar-refractivity contribution in [1.82, 2.24) is 20.3 Å². The minimum atomic E-state index is -0.184. The van der Waals surface area contributed by atoms with Crippen LogP contribution in [0.5, 0.6) is 0 Å². The average Bonchev–Trinajstić information content (AvgIpc) is 3.14. The van der Waals surface area contributed by atoms with Crippen LogP contribution in [-0.2, 0) is 0 Å². The number of aromatic nitrogens is 3. The fourth-order valence-electron chi connectivity index (χ4n) is 3.17. The third kappa shape index (κ3) is 3.66. The maximum Gasteiger partial charge on any atom is 0.254 e. The van der Waals surface area contributed by atoms with Gasteiger partial charge in [-0.25, -0.2) is 4.98 Å². The smallest absolute Gasteiger partial charge is 0.254 e. The Balaban J connectivity index is 1.65. The maximum absolute atomic E-state index is 13.0. The van der Waals surface area contributed by atoms with E-state index in [2.05, 4.69) is 26.5 Å². The number of nitrogens with one attached hydrogen (secondary N) is 2. The molecule has 1 atom stereocenters. The summed E-state index contributed by atoms with van der Waals surface area (Å²) in [4.78, 5) is 25.4. The Morgan fingerprint density at radius 2 is 2.00 bits per heavy atom. The van der Waals surface area contributed by atoms with E-state index >= 15 is 0 Å². The van der Waals surface area contributed by atoms with Crippen molar-refractivity contribution in [3.05, 3.63) is 72.2 Å². The molecule has 1 amide bonds. The molecule has 4 rings (SSSR count). The summed E-state index contributed by atoms with van der Waals surface area (Å²) >= 11 is 1.75. The summed E-state index contributed by atoms with van der Waals surface area (Å²) < 4.78 is 0. The van der Waals surface area contributed by atoms with E-state index in [9.17, 15) is 4.79 Å². The van der Waals surface area contributed by atoms with Gasteiger partial charge in [0.1, 0.15) is 5.82 Å². The number of thioether (sulfide) groups is 1. The summed E-state index contributed by atoms with van der Waals surface area (Å²) in [5.41, 5.74) is 3.18. The monoisotopic (exact) mass is 376 g/mol. The van der Waals surface area contributed by atoms with Crippen molar-refractivity contribution in [3.63, 3.8) is 0 Å². The van der Waals surface area contributed by atoms with Crippen molar-refractivity contribution in [2.45, 2.75) is 12.5 Å². The number of nitrogens with zero attached hydrogens (tertiary/aromatic N) is 2. The summed E-state index contributed by atoms with van der Waals surface area (Å²) in [6.45, 7) is 0. The van der Waals surface area contributed by atoms with Crippen molar-refractivity contribution >= 4 is 39.6 Å². The number of aromatic amines is 1. The molecule has 0 radical (unpaired) electrons. The van der Waals surface area contributed by atoms with Crippen molar-refractivity contribution in [1.29, 1.82) is 0 Å². The predicted molar refractivity (Wildman–Crippen MR) is 111 cm³/mol. The van der Waals surface area contributed by atoms with Crippen LogP contribution in [0.3, 0.4) is 0 Å². The number of pyridine rings is 1. The van der Waals surface area contributed by atoms with E-state index in [0.717, 1.165) is 34.4 Å². The van der Waals surface area contributed by atoms with E-state index in [1.54, 1.807) is 18.0 Å². The summed E-state index contributed by atoms with van der Waals surface area (Å²) in [6, 6.07) is 17.2. The van der Waals surface area contributed by atoms with Crippen LogP contribution in [-0.4, -0.2) is 32.9 Å². The Morgan fingerprint density at radius 1 is 1.15 bits per heavy atom. The lowest BCUT2D eigenvalue weighted by Gasteiger charge is -2.17. The lowest BCUT2D eigenvalue weighted by molar-refractivity contribution is 0.0935. The molecule has 0 saturated heterocycles. The lowest BCUT2D eigenvalue weighted by atomic mass is 10.1. The standard InChI is InChI=1S/C21H20N4OS/c1-27-13-11-18(20-23-16-9-2-3-10-17(16)24-20)25-21(26)15-8-4-6-14-7-5-12-22-19(14)15/h2-10,12,18H,11,13H2,1H3,(H,23,24)(H,25,26). The average molecular weight is 376 g/mol. The molecule has 0 saturated carbocycles. The number of hydrogen-bond donors (Lipinski definition) is 2. The minimum absolute atomic E-state index is 0.133. The van der Waals surface area contributed by atoms with Crippen LogP contribution in [0.4, 0.5) is 0 Å². The SMILES string of the molecule is CSCCC(NC(=O)c1cccc2cccnc12)c1nc2ccccc2[nH]1. The Hall–Kier alpha value is -2.86. The lowest BCUT2D eigenvalue weighted by Crippen LogP contribution is -2.30. The van der Waals surface area contributed by atoms with Gasteiger partial charge in [0.15, 0.2) is 0 Å². The highest BCUT2D eigenvalue weighted by atomic mass is 32.2. The van der Waals surface area contributed by atoms with Gasteiger partial charge in [0.25, 0.3) is 5.91 Å². The van der Waals surface area contributed by atoms with Crippen LogP contribution in [0, 0.1) is 0 Å². The van der Waals surface area contributed by atoms with Crippen molar-refractivity contribution in [2.24, 2.45) is 0 Å². The number of carbonyl (C=O) groups excluding carboxylic acids is 1. The van der Waals surface area contributed by atoms with Gasteiger partial charge >= 0.3 is 0 Å². The van der Waals surface area contributed by atoms with Gasteiger partial charge in [-0.1, -0.05) is 30.3 Å². The molecular formula is C21H20N4OS. The number of H-pyrrole nitrogens is 1. The van der Waals surface area contributed by atoms with Crippen molar-refractivity contribution in [3.8, 4) is 0 Å². The van der Waals surface area contributed by atoms with E-state index in [1.165, 1.54) is 0 Å². The van der Waals surface area contributed by atoms with Gasteiger partial charge in [-0.2, -0.15) is 11.8 Å². The van der Waals surface area contributed by atoms with Gasteiger partial charge in [0.2, 0.25) is 0 Å². The molecule has 5 nitrogen and oxygen atoms in total. The second-order valence-corrected chi connectivity index (χ2v) is 7.31. The largest absolute Gasteiger partial charge is 0.342 e. The number of para-hydroxylation sites is 3. The number of hydrogen-bond acceptors (Lipinski definition) is 4. The Bertz CT molecular complexity index is 1050. The van der Waals surface area contributed by atoms with Crippen LogP contribution in [0.15, 0.2) is 60.8 Å². The number of carbonyl (C=O) groups is 1. The van der Waals surface area contributed by atoms with Crippen LogP contribution in [0.1, 0.15) is 28.6 Å². The molecule has 2 aromatic heterocycles. The molecule has 27 heavy (non-hydrogen) atoms. The molecule has 0 spiro atoms. The molecule has 6 heteroatoms. The number of fused-ring (bicyclic) bond motifs is 2. The minimum Gasteiger partial charge on any atom is -0.342 e. The Labute approximate surface area is 161 Å². The first kappa shape index (κ1) is 17.5. The van der Waals surface area contributed by atoms with Gasteiger partial charge in [-0.05, 0) is 42.7 Å². The number of benzene rings is 2. The molecule has 0 bridgehead atoms. The molecule has 2 N–H and O–H groups in total. The van der Waals surface area contributed by atoms with Gasteiger partial charge in [-0.15, -0.1) is 0 Å². The molecule has 2 heterocycles. The Morgan fingerprint density at radius 3 is 2.85 bits per heavy atom. The summed E-state index contributed by atoms with van der Waals surface area (Å²) in [6.07, 6.45) is 4.57. The first-order valence-electron chi connectivity index (χ1n) is 8.84. The zero-order valence-electron chi connectivity index (χ0n) is 15.0. The van der Waals surface area contributed by atoms with Crippen molar-refractivity contribution in [2.75, 3.05) is 12.0 Å². The molecule has 2 aromatic carbocycles. The van der Waals surface area contributed by atoms with Gasteiger partial charge in [0.05, 0.1) is 28.2 Å². The van der Waals surface area contributed by atoms with Gasteiger partial charge in [0, 0.05) is 11.6 Å². The highest BCUT2D eigenvalue weighted by molar-refractivity contribution is 7.98. The van der Waals surface area contributed by atoms with Crippen LogP contribution in [0.2, 0.25) is 0 Å². The van der Waals surface area contributed by atoms with Crippen LogP contribution >= 0.6 is 11.8 Å². The zero-order valence-corrected chi connectivity index (χ0v) is 15.8. The maximum atomic E-state index is 13.0. The quantitative estimate of drug-likeness (QED) is 0.525. The third-order valence-electron chi connectivity index (χ3n) is 4.53. The topological polar surface area (TPSA) is 70.7 Å². The fourth-order valence-corrected chi connectivity index (χ4v) is 3.65. The second-order valence-electron chi connectivity index (χ2n) is 6.33. The second kappa shape index (κ2) is 7.80. The summed E-state index contributed by atoms with van der Waals surface area (Å²) in [7, 11) is 0. The highest BCUT2D eigenvalue weighted by Gasteiger charge is 2.20. The summed E-state index contributed by atoms with van der Waals surface area (Å²) in [5.74, 6) is 1.58. The number of imidazole rings is 1. The number of rotatable bonds is 6. The van der Waals surface area contributed by atoms with Crippen LogP contribution in [0.25, 0.3) is 21.9 Å². The molecular weight excluding hydrogens is 356 g/mol. The molecule has 136 valence electrons. The number of amides is 1. The van der Waals surface area contributed by atoms with Crippen molar-refractivity contribution < 1.29 is 4.79 Å². The van der Waals surface area contributed by atoms with E-state index in [-0.39, 0.29) is 11.9 Å². The van der Waals surface area contributed by atoms with Gasteiger partial charge < -0.3 is 10.3 Å². The highest BCUT2D eigenvalue weighted by Crippen LogP contribution is 2.22. The van der Waals surface area contributed by atoms with Gasteiger partial charge in [-0.3, -0.25) is 9.78 Å². The summed E-state index contributed by atoms with van der Waals surface area (Å²) in [5, 5.41) is 4.10. The molecule has 4 aromatic rings. The zero-order chi connectivity index (χ0) is 18.6. The first-order valence-corrected chi connectivity index (χ1v) is 10.2. The normalized spacial score (nSPS) is 12.3. The van der Waals surface area contributed by atoms with E-state index in [0.29, 0.717) is 11.1 Å². The molecule has 0 aliphatic carbocycles. The fraction of sp³-hybridized carbons (Fsp3) is 0.190. The molecule has 0 aliphatic rings. The van der Waals surface area contributed by atoms with E-state index < -0.39 is 0 Å². The van der Waals surface area contributed by atoms with E-state index in [4.69, 9.17) is 0 Å². The molecule has 1 unspecified atom stereocenters. The van der Waals surface area contributed by atoms with E-state index in [1.807, 2.05) is 54.6 Å². The third-order valence-corrected chi connectivity index (χ3v) is 5.18. The first-order chi connectivity index (χ1) is 13.3. The Kier molecular flexibility index (Phi) is 5.07. The predicted octanol–water partition coefficient (Wildman–Crippen LogP) is 4.34.